The Bertz CT molecular complexity index is 1100. The van der Waals surface area contributed by atoms with E-state index in [1.807, 2.05) is 30.3 Å². The molecule has 172 valence electrons. The highest BCUT2D eigenvalue weighted by Crippen LogP contribution is 2.35. The summed E-state index contributed by atoms with van der Waals surface area (Å²) in [4.78, 5) is 40.9. The van der Waals surface area contributed by atoms with Crippen LogP contribution in [0.5, 0.6) is 0 Å². The lowest BCUT2D eigenvalue weighted by Crippen LogP contribution is -2.38. The van der Waals surface area contributed by atoms with Crippen LogP contribution in [0.2, 0.25) is 0 Å². The quantitative estimate of drug-likeness (QED) is 0.626. The van der Waals surface area contributed by atoms with Crippen molar-refractivity contribution in [2.45, 2.75) is 50.9 Å². The van der Waals surface area contributed by atoms with Gasteiger partial charge in [0.2, 0.25) is 0 Å². The molecule has 1 saturated heterocycles. The first-order chi connectivity index (χ1) is 16.1. The second-order valence-corrected chi connectivity index (χ2v) is 8.99. The van der Waals surface area contributed by atoms with Gasteiger partial charge in [0.25, 0.3) is 0 Å². The summed E-state index contributed by atoms with van der Waals surface area (Å²) in [7, 11) is 0. The van der Waals surface area contributed by atoms with Gasteiger partial charge in [-0.1, -0.05) is 35.5 Å². The monoisotopic (exact) mass is 448 g/mol. The first-order valence-electron chi connectivity index (χ1n) is 11.8. The molecule has 0 N–H and O–H groups in total. The number of carbonyl (C=O) groups excluding carboxylic acids is 3. The van der Waals surface area contributed by atoms with Crippen molar-refractivity contribution >= 4 is 17.3 Å². The highest BCUT2D eigenvalue weighted by atomic mass is 16.5. The van der Waals surface area contributed by atoms with Crippen molar-refractivity contribution in [3.05, 3.63) is 64.2 Å². The van der Waals surface area contributed by atoms with Crippen molar-refractivity contribution in [2.24, 2.45) is 0 Å². The van der Waals surface area contributed by atoms with E-state index in [0.29, 0.717) is 74.6 Å². The second kappa shape index (κ2) is 9.43. The van der Waals surface area contributed by atoms with E-state index in [9.17, 15) is 14.4 Å². The topological polar surface area (TPSA) is 89.7 Å². The van der Waals surface area contributed by atoms with Crippen molar-refractivity contribution in [2.75, 3.05) is 26.3 Å². The number of ether oxygens (including phenoxy) is 1. The maximum Gasteiger partial charge on any atom is 0.168 e. The molecule has 1 fully saturated rings. The second-order valence-electron chi connectivity index (χ2n) is 8.99. The molecule has 0 bridgehead atoms. The van der Waals surface area contributed by atoms with Crippen LogP contribution < -0.4 is 0 Å². The molecule has 5 rings (SSSR count). The van der Waals surface area contributed by atoms with Gasteiger partial charge in [-0.3, -0.25) is 14.4 Å². The number of aryl methyl sites for hydroxylation is 1. The number of ketones is 3. The van der Waals surface area contributed by atoms with Crippen molar-refractivity contribution < 1.29 is 23.6 Å². The van der Waals surface area contributed by atoms with Crippen LogP contribution >= 0.6 is 0 Å². The van der Waals surface area contributed by atoms with Gasteiger partial charge >= 0.3 is 0 Å². The maximum absolute atomic E-state index is 13.2. The van der Waals surface area contributed by atoms with Gasteiger partial charge in [-0.2, -0.15) is 0 Å². The molecule has 33 heavy (non-hydrogen) atoms. The summed E-state index contributed by atoms with van der Waals surface area (Å²) in [5.41, 5.74) is 3.39. The fourth-order valence-corrected chi connectivity index (χ4v) is 5.22. The number of benzene rings is 1. The molecule has 2 aliphatic carbocycles. The zero-order valence-corrected chi connectivity index (χ0v) is 18.7. The summed E-state index contributed by atoms with van der Waals surface area (Å²) in [6.07, 6.45) is 3.39. The van der Waals surface area contributed by atoms with E-state index in [4.69, 9.17) is 9.26 Å². The molecule has 1 atom stereocenters. The summed E-state index contributed by atoms with van der Waals surface area (Å²) >= 11 is 0. The maximum atomic E-state index is 13.2. The molecule has 1 aliphatic heterocycles. The summed E-state index contributed by atoms with van der Waals surface area (Å²) in [5, 5.41) is 4.15. The van der Waals surface area contributed by atoms with E-state index in [2.05, 4.69) is 10.1 Å². The number of carbonyl (C=O) groups is 3. The van der Waals surface area contributed by atoms with Crippen LogP contribution in [0.25, 0.3) is 0 Å². The predicted molar refractivity (Wildman–Crippen MR) is 120 cm³/mol. The minimum Gasteiger partial charge on any atom is -0.378 e. The van der Waals surface area contributed by atoms with Crippen LogP contribution in [-0.4, -0.2) is 53.7 Å². The molecule has 0 saturated carbocycles. The molecule has 3 aliphatic rings. The lowest BCUT2D eigenvalue weighted by Gasteiger charge is -2.34. The average molecular weight is 449 g/mol. The predicted octanol–water partition coefficient (Wildman–Crippen LogP) is 3.43. The number of morpholine rings is 1. The zero-order chi connectivity index (χ0) is 22.8. The Morgan fingerprint density at radius 1 is 1.03 bits per heavy atom. The minimum absolute atomic E-state index is 0.00997. The van der Waals surface area contributed by atoms with Crippen LogP contribution in [0.3, 0.4) is 0 Å². The molecule has 2 aromatic rings. The first kappa shape index (κ1) is 21.8. The number of hydrogen-bond donors (Lipinski definition) is 0. The van der Waals surface area contributed by atoms with Gasteiger partial charge in [0, 0.05) is 50.9 Å². The van der Waals surface area contributed by atoms with Gasteiger partial charge in [0.05, 0.1) is 30.0 Å². The number of allylic oxidation sites excluding steroid dienone is 2. The third-order valence-electron chi connectivity index (χ3n) is 6.89. The highest BCUT2D eigenvalue weighted by Gasteiger charge is 2.34. The first-order valence-corrected chi connectivity index (χ1v) is 11.8. The average Bonchev–Trinajstić information content (AvgIpc) is 3.27. The summed E-state index contributed by atoms with van der Waals surface area (Å²) < 4.78 is 11.0. The minimum atomic E-state index is -0.164. The molecule has 7 heteroatoms. The molecular formula is C26H28N2O5. The number of nitrogens with zero attached hydrogens (tertiary/aromatic N) is 2. The summed E-state index contributed by atoms with van der Waals surface area (Å²) in [6.45, 7) is 2.62. The Balaban J connectivity index is 1.31. The zero-order valence-electron chi connectivity index (χ0n) is 18.7. The number of rotatable bonds is 6. The fourth-order valence-electron chi connectivity index (χ4n) is 5.22. The van der Waals surface area contributed by atoms with E-state index in [1.165, 1.54) is 0 Å². The number of hydrogen-bond acceptors (Lipinski definition) is 7. The Labute approximate surface area is 192 Å². The molecule has 0 radical (unpaired) electrons. The van der Waals surface area contributed by atoms with Gasteiger partial charge < -0.3 is 14.2 Å². The standard InChI is InChI=1S/C26H28N2O5/c29-21-8-4-7-20(28-11-13-32-14-12-28)26(21)22(30)10-9-19-25-23(31)15-18(16-24(25)33-27-19)17-5-2-1-3-6-17/h1-3,5-6,18H,4,7-16H2. The molecule has 1 aromatic carbocycles. The van der Waals surface area contributed by atoms with Crippen LogP contribution in [0.4, 0.5) is 0 Å². The number of aromatic nitrogens is 1. The Kier molecular flexibility index (Phi) is 6.22. The lowest BCUT2D eigenvalue weighted by molar-refractivity contribution is -0.122. The van der Waals surface area contributed by atoms with Crippen LogP contribution in [0.1, 0.15) is 65.4 Å². The van der Waals surface area contributed by atoms with Crippen LogP contribution in [-0.2, 0) is 27.2 Å². The van der Waals surface area contributed by atoms with Gasteiger partial charge in [-0.15, -0.1) is 0 Å². The van der Waals surface area contributed by atoms with Crippen LogP contribution in [0, 0.1) is 0 Å². The Morgan fingerprint density at radius 3 is 2.61 bits per heavy atom. The number of Topliss-reactive ketones (excluding diaryl/α,β-unsaturated/α-hetero) is 3. The van der Waals surface area contributed by atoms with Crippen molar-refractivity contribution in [1.82, 2.24) is 10.1 Å². The third kappa shape index (κ3) is 4.42. The van der Waals surface area contributed by atoms with Crippen LogP contribution in [0.15, 0.2) is 46.1 Å². The normalized spacial score (nSPS) is 21.3. The fraction of sp³-hybridized carbons (Fsp3) is 0.462. The Hall–Kier alpha value is -3.06. The molecule has 1 aromatic heterocycles. The smallest absolute Gasteiger partial charge is 0.168 e. The highest BCUT2D eigenvalue weighted by molar-refractivity contribution is 6.21. The van der Waals surface area contributed by atoms with Crippen molar-refractivity contribution in [3.8, 4) is 0 Å². The SMILES string of the molecule is O=C1CCCC(N2CCOCC2)=C1C(=O)CCc1noc2c1C(=O)CC(c1ccccc1)C2. The largest absolute Gasteiger partial charge is 0.378 e. The third-order valence-corrected chi connectivity index (χ3v) is 6.89. The summed E-state index contributed by atoms with van der Waals surface area (Å²) in [5.74, 6) is 0.454. The molecular weight excluding hydrogens is 420 g/mol. The van der Waals surface area contributed by atoms with E-state index in [0.717, 1.165) is 24.1 Å². The Morgan fingerprint density at radius 2 is 1.82 bits per heavy atom. The van der Waals surface area contributed by atoms with E-state index >= 15 is 0 Å². The van der Waals surface area contributed by atoms with E-state index in [-0.39, 0.29) is 29.7 Å². The van der Waals surface area contributed by atoms with Gasteiger partial charge in [-0.25, -0.2) is 0 Å². The molecule has 7 nitrogen and oxygen atoms in total. The lowest BCUT2D eigenvalue weighted by atomic mass is 9.81. The van der Waals surface area contributed by atoms with E-state index < -0.39 is 0 Å². The van der Waals surface area contributed by atoms with Gasteiger partial charge in [0.15, 0.2) is 17.3 Å². The van der Waals surface area contributed by atoms with E-state index in [1.54, 1.807) is 0 Å². The van der Waals surface area contributed by atoms with Crippen molar-refractivity contribution in [3.63, 3.8) is 0 Å². The van der Waals surface area contributed by atoms with Gasteiger partial charge in [-0.05, 0) is 24.3 Å². The van der Waals surface area contributed by atoms with Crippen molar-refractivity contribution in [1.29, 1.82) is 0 Å². The molecule has 0 spiro atoms. The molecule has 2 heterocycles. The summed E-state index contributed by atoms with van der Waals surface area (Å²) in [6, 6.07) is 9.96. The molecule has 1 unspecified atom stereocenters. The van der Waals surface area contributed by atoms with Gasteiger partial charge in [0.1, 0.15) is 5.76 Å². The number of fused-ring (bicyclic) bond motifs is 1. The molecule has 0 amide bonds.